The fourth-order valence-corrected chi connectivity index (χ4v) is 8.60. The molecule has 5 rings (SSSR count). The Hall–Kier alpha value is -0.120. The van der Waals surface area contributed by atoms with Crippen LogP contribution < -0.4 is 0 Å². The molecule has 0 aromatic rings. The molecule has 4 aliphatic carbocycles. The molecule has 4 saturated carbocycles. The number of ether oxygens (including phenoxy) is 1. The van der Waals surface area contributed by atoms with Gasteiger partial charge in [0.2, 0.25) is 0 Å². The quantitative estimate of drug-likeness (QED) is 0.709. The molecule has 1 saturated heterocycles. The first kappa shape index (κ1) is 17.0. The highest BCUT2D eigenvalue weighted by molar-refractivity contribution is 5.14. The first-order valence-electron chi connectivity index (χ1n) is 10.8. The smallest absolute Gasteiger partial charge is 0.0921 e. The average molecular weight is 349 g/mol. The third-order valence-electron chi connectivity index (χ3n) is 9.99. The summed E-state index contributed by atoms with van der Waals surface area (Å²) in [6.45, 7) is 8.27. The van der Waals surface area contributed by atoms with Crippen molar-refractivity contribution in [2.75, 3.05) is 6.61 Å². The molecule has 1 aliphatic heterocycles. The Labute approximate surface area is 152 Å². The number of fused-ring (bicyclic) bond motifs is 5. The Morgan fingerprint density at radius 2 is 1.48 bits per heavy atom. The number of hydrogen-bond acceptors (Lipinski definition) is 3. The summed E-state index contributed by atoms with van der Waals surface area (Å²) in [5.74, 6) is 3.21. The van der Waals surface area contributed by atoms with Gasteiger partial charge < -0.3 is 14.9 Å². The maximum Gasteiger partial charge on any atom is 0.0921 e. The second kappa shape index (κ2) is 5.23. The van der Waals surface area contributed by atoms with Gasteiger partial charge in [-0.2, -0.15) is 0 Å². The molecular formula is C22H36O3. The van der Waals surface area contributed by atoms with E-state index in [1.54, 1.807) is 0 Å². The lowest BCUT2D eigenvalue weighted by molar-refractivity contribution is -0.172. The van der Waals surface area contributed by atoms with Crippen LogP contribution in [0.4, 0.5) is 0 Å². The van der Waals surface area contributed by atoms with Gasteiger partial charge in [0, 0.05) is 0 Å². The minimum atomic E-state index is -0.213. The molecule has 142 valence electrons. The van der Waals surface area contributed by atoms with E-state index >= 15 is 0 Å². The second-order valence-electron chi connectivity index (χ2n) is 11.0. The largest absolute Gasteiger partial charge is 0.393 e. The first-order valence-corrected chi connectivity index (χ1v) is 10.8. The van der Waals surface area contributed by atoms with Crippen LogP contribution in [0.5, 0.6) is 0 Å². The first-order chi connectivity index (χ1) is 11.8. The van der Waals surface area contributed by atoms with Gasteiger partial charge in [0.15, 0.2) is 0 Å². The molecule has 2 N–H and O–H groups in total. The Morgan fingerprint density at radius 1 is 0.800 bits per heavy atom. The van der Waals surface area contributed by atoms with Gasteiger partial charge in [0.05, 0.1) is 24.4 Å². The van der Waals surface area contributed by atoms with Gasteiger partial charge in [-0.05, 0) is 98.7 Å². The van der Waals surface area contributed by atoms with E-state index in [-0.39, 0.29) is 23.2 Å². The van der Waals surface area contributed by atoms with E-state index in [2.05, 4.69) is 20.8 Å². The third-order valence-corrected chi connectivity index (χ3v) is 9.99. The minimum absolute atomic E-state index is 0.144. The number of hydrogen-bond donors (Lipinski definition) is 2. The predicted molar refractivity (Wildman–Crippen MR) is 97.0 cm³/mol. The second-order valence-corrected chi connectivity index (χ2v) is 11.0. The Balaban J connectivity index is 1.46. The Morgan fingerprint density at radius 3 is 2.20 bits per heavy atom. The topological polar surface area (TPSA) is 53.0 Å². The summed E-state index contributed by atoms with van der Waals surface area (Å²) >= 11 is 0. The monoisotopic (exact) mass is 348 g/mol. The van der Waals surface area contributed by atoms with Crippen LogP contribution in [-0.2, 0) is 4.74 Å². The summed E-state index contributed by atoms with van der Waals surface area (Å²) in [5, 5.41) is 21.2. The van der Waals surface area contributed by atoms with Crippen molar-refractivity contribution < 1.29 is 14.9 Å². The van der Waals surface area contributed by atoms with Crippen molar-refractivity contribution in [2.45, 2.75) is 89.9 Å². The molecule has 0 amide bonds. The fourth-order valence-electron chi connectivity index (χ4n) is 8.60. The highest BCUT2D eigenvalue weighted by Gasteiger charge is 2.66. The SMILES string of the molecule is C[C@]12CC[C@@H]3[C@@H](C[C@H](O)[C@@H]4C[C@H](O)CC[C@]34C)[C@H]1CC[C@H]2[C@@]1(C)CO1. The molecule has 0 aromatic carbocycles. The zero-order valence-electron chi connectivity index (χ0n) is 16.2. The maximum absolute atomic E-state index is 11.0. The number of aliphatic hydroxyl groups excluding tert-OH is 2. The van der Waals surface area contributed by atoms with Crippen molar-refractivity contribution in [3.05, 3.63) is 0 Å². The molecule has 3 nitrogen and oxygen atoms in total. The van der Waals surface area contributed by atoms with Crippen molar-refractivity contribution >= 4 is 0 Å². The van der Waals surface area contributed by atoms with Crippen LogP contribution in [0.1, 0.15) is 72.1 Å². The van der Waals surface area contributed by atoms with E-state index in [1.807, 2.05) is 0 Å². The molecule has 0 aromatic heterocycles. The lowest BCUT2D eigenvalue weighted by Gasteiger charge is -2.62. The minimum Gasteiger partial charge on any atom is -0.393 e. The zero-order chi connectivity index (χ0) is 17.6. The highest BCUT2D eigenvalue weighted by atomic mass is 16.6. The molecule has 10 atom stereocenters. The van der Waals surface area contributed by atoms with Crippen LogP contribution in [0.15, 0.2) is 0 Å². The molecule has 0 bridgehead atoms. The summed E-state index contributed by atoms with van der Waals surface area (Å²) in [5.41, 5.74) is 0.787. The van der Waals surface area contributed by atoms with Crippen molar-refractivity contribution in [3.8, 4) is 0 Å². The highest BCUT2D eigenvalue weighted by Crippen LogP contribution is 2.69. The third kappa shape index (κ3) is 2.21. The van der Waals surface area contributed by atoms with Gasteiger partial charge in [-0.15, -0.1) is 0 Å². The van der Waals surface area contributed by atoms with Gasteiger partial charge in [-0.25, -0.2) is 0 Å². The Kier molecular flexibility index (Phi) is 3.56. The number of rotatable bonds is 1. The molecule has 25 heavy (non-hydrogen) atoms. The van der Waals surface area contributed by atoms with E-state index in [9.17, 15) is 10.2 Å². The summed E-state index contributed by atoms with van der Waals surface area (Å²) in [4.78, 5) is 0. The van der Waals surface area contributed by atoms with Crippen molar-refractivity contribution in [1.29, 1.82) is 0 Å². The Bertz CT molecular complexity index is 557. The maximum atomic E-state index is 11.0. The van der Waals surface area contributed by atoms with Crippen LogP contribution in [0.3, 0.4) is 0 Å². The summed E-state index contributed by atoms with van der Waals surface area (Å²) in [7, 11) is 0. The molecule has 0 spiro atoms. The number of aliphatic hydroxyl groups is 2. The van der Waals surface area contributed by atoms with E-state index in [0.29, 0.717) is 23.2 Å². The van der Waals surface area contributed by atoms with Gasteiger partial charge in [0.1, 0.15) is 0 Å². The molecule has 0 radical (unpaired) electrons. The van der Waals surface area contributed by atoms with Crippen molar-refractivity contribution in [3.63, 3.8) is 0 Å². The normalized spacial score (nSPS) is 63.5. The van der Waals surface area contributed by atoms with Gasteiger partial charge in [-0.1, -0.05) is 13.8 Å². The molecule has 1 heterocycles. The summed E-state index contributed by atoms with van der Waals surface area (Å²) < 4.78 is 5.89. The molecule has 3 heteroatoms. The van der Waals surface area contributed by atoms with E-state index in [0.717, 1.165) is 44.1 Å². The van der Waals surface area contributed by atoms with Gasteiger partial charge in [-0.3, -0.25) is 0 Å². The van der Waals surface area contributed by atoms with Crippen LogP contribution in [0.25, 0.3) is 0 Å². The molecule has 5 aliphatic rings. The number of epoxide rings is 1. The molecular weight excluding hydrogens is 312 g/mol. The lowest BCUT2D eigenvalue weighted by Crippen LogP contribution is -2.58. The van der Waals surface area contributed by atoms with Gasteiger partial charge in [0.25, 0.3) is 0 Å². The molecule has 0 unspecified atom stereocenters. The van der Waals surface area contributed by atoms with Crippen LogP contribution in [0, 0.1) is 40.4 Å². The fraction of sp³-hybridized carbons (Fsp3) is 1.00. The lowest BCUT2D eigenvalue weighted by atomic mass is 9.44. The van der Waals surface area contributed by atoms with E-state index in [1.165, 1.54) is 25.7 Å². The summed E-state index contributed by atoms with van der Waals surface area (Å²) in [6, 6.07) is 0. The van der Waals surface area contributed by atoms with Gasteiger partial charge >= 0.3 is 0 Å². The molecule has 5 fully saturated rings. The van der Waals surface area contributed by atoms with Crippen molar-refractivity contribution in [1.82, 2.24) is 0 Å². The van der Waals surface area contributed by atoms with E-state index < -0.39 is 0 Å². The van der Waals surface area contributed by atoms with E-state index in [4.69, 9.17) is 4.74 Å². The average Bonchev–Trinajstić information content (AvgIpc) is 3.18. The summed E-state index contributed by atoms with van der Waals surface area (Å²) in [6.07, 6.45) is 8.72. The predicted octanol–water partition coefficient (Wildman–Crippen LogP) is 3.77. The van der Waals surface area contributed by atoms with Crippen LogP contribution >= 0.6 is 0 Å². The van der Waals surface area contributed by atoms with Crippen LogP contribution in [-0.4, -0.2) is 34.6 Å². The van der Waals surface area contributed by atoms with Crippen LogP contribution in [0.2, 0.25) is 0 Å². The van der Waals surface area contributed by atoms with Crippen molar-refractivity contribution in [2.24, 2.45) is 40.4 Å². The zero-order valence-corrected chi connectivity index (χ0v) is 16.2. The standard InChI is InChI=1S/C22H36O3/c1-20-8-6-13(23)10-17(20)18(24)11-14-15-4-5-19(22(3)12-25-22)21(15,2)9-7-16(14)20/h13-19,23-24H,4-12H2,1-3H3/t13-,14+,15-,16-,17+,18+,19-,20-,21+,22-/m1/s1.